The lowest BCUT2D eigenvalue weighted by atomic mass is 10.1. The Kier molecular flexibility index (Phi) is 6.92. The van der Waals surface area contributed by atoms with Crippen molar-refractivity contribution in [1.82, 2.24) is 9.88 Å². The average Bonchev–Trinajstić information content (AvgIpc) is 3.41. The SMILES string of the molecule is CCCN1C(=O)OC(c2ccc(OCc3coc(CCc4ccccc4)n3)c(OC)c2)C1=O. The van der Waals surface area contributed by atoms with Gasteiger partial charge in [0.2, 0.25) is 6.10 Å². The van der Waals surface area contributed by atoms with Crippen molar-refractivity contribution >= 4 is 12.0 Å². The van der Waals surface area contributed by atoms with Crippen LogP contribution >= 0.6 is 0 Å². The number of carbonyl (C=O) groups excluding carboxylic acids is 2. The summed E-state index contributed by atoms with van der Waals surface area (Å²) in [5, 5.41) is 0. The normalized spacial score (nSPS) is 15.6. The average molecular weight is 450 g/mol. The summed E-state index contributed by atoms with van der Waals surface area (Å²) in [5.74, 6) is 1.19. The number of cyclic esters (lactones) is 1. The van der Waals surface area contributed by atoms with Gasteiger partial charge >= 0.3 is 6.09 Å². The summed E-state index contributed by atoms with van der Waals surface area (Å²) in [6.45, 7) is 2.42. The highest BCUT2D eigenvalue weighted by Crippen LogP contribution is 2.35. The zero-order valence-corrected chi connectivity index (χ0v) is 18.7. The predicted octanol–water partition coefficient (Wildman–Crippen LogP) is 4.48. The fourth-order valence-corrected chi connectivity index (χ4v) is 3.63. The number of amides is 2. The summed E-state index contributed by atoms with van der Waals surface area (Å²) in [4.78, 5) is 30.1. The van der Waals surface area contributed by atoms with Gasteiger partial charge in [0, 0.05) is 18.5 Å². The number of carbonyl (C=O) groups is 2. The second-order valence-corrected chi connectivity index (χ2v) is 7.67. The van der Waals surface area contributed by atoms with Gasteiger partial charge in [0.1, 0.15) is 18.6 Å². The van der Waals surface area contributed by atoms with Crippen LogP contribution in [0.5, 0.6) is 11.5 Å². The van der Waals surface area contributed by atoms with Gasteiger partial charge in [-0.15, -0.1) is 0 Å². The molecule has 8 nitrogen and oxygen atoms in total. The Morgan fingerprint density at radius 3 is 2.64 bits per heavy atom. The van der Waals surface area contributed by atoms with Crippen molar-refractivity contribution in [2.75, 3.05) is 13.7 Å². The molecule has 2 aromatic carbocycles. The van der Waals surface area contributed by atoms with Crippen LogP contribution in [-0.2, 0) is 29.0 Å². The smallest absolute Gasteiger partial charge is 0.417 e. The molecular formula is C25H26N2O6. The van der Waals surface area contributed by atoms with Crippen LogP contribution in [0.3, 0.4) is 0 Å². The fourth-order valence-electron chi connectivity index (χ4n) is 3.63. The lowest BCUT2D eigenvalue weighted by molar-refractivity contribution is -0.129. The molecular weight excluding hydrogens is 424 g/mol. The molecule has 1 aliphatic heterocycles. The second-order valence-electron chi connectivity index (χ2n) is 7.67. The molecule has 33 heavy (non-hydrogen) atoms. The van der Waals surface area contributed by atoms with Crippen LogP contribution in [0.1, 0.15) is 42.2 Å². The summed E-state index contributed by atoms with van der Waals surface area (Å²) in [6, 6.07) is 15.2. The highest BCUT2D eigenvalue weighted by atomic mass is 16.6. The molecule has 0 aliphatic carbocycles. The number of hydrogen-bond donors (Lipinski definition) is 0. The van der Waals surface area contributed by atoms with Crippen molar-refractivity contribution in [2.45, 2.75) is 38.9 Å². The number of benzene rings is 2. The number of methoxy groups -OCH3 is 1. The van der Waals surface area contributed by atoms with Crippen molar-refractivity contribution in [3.05, 3.63) is 77.5 Å². The molecule has 1 atom stereocenters. The van der Waals surface area contributed by atoms with E-state index >= 15 is 0 Å². The van der Waals surface area contributed by atoms with Crippen molar-refractivity contribution < 1.29 is 28.2 Å². The van der Waals surface area contributed by atoms with Crippen LogP contribution in [0, 0.1) is 0 Å². The number of oxazole rings is 1. The van der Waals surface area contributed by atoms with E-state index < -0.39 is 12.2 Å². The number of aryl methyl sites for hydroxylation is 2. The van der Waals surface area contributed by atoms with E-state index in [0.29, 0.717) is 48.0 Å². The van der Waals surface area contributed by atoms with Gasteiger partial charge in [-0.3, -0.25) is 4.79 Å². The van der Waals surface area contributed by atoms with Crippen LogP contribution in [0.4, 0.5) is 4.79 Å². The monoisotopic (exact) mass is 450 g/mol. The van der Waals surface area contributed by atoms with Crippen LogP contribution in [0.25, 0.3) is 0 Å². The molecule has 0 N–H and O–H groups in total. The molecule has 0 spiro atoms. The number of nitrogens with zero attached hydrogens (tertiary/aromatic N) is 2. The molecule has 3 aromatic rings. The molecule has 1 unspecified atom stereocenters. The first kappa shape index (κ1) is 22.4. The highest BCUT2D eigenvalue weighted by Gasteiger charge is 2.41. The number of imide groups is 1. The third-order valence-electron chi connectivity index (χ3n) is 5.31. The van der Waals surface area contributed by atoms with Gasteiger partial charge < -0.3 is 18.6 Å². The van der Waals surface area contributed by atoms with Crippen LogP contribution < -0.4 is 9.47 Å². The van der Waals surface area contributed by atoms with Crippen molar-refractivity contribution in [1.29, 1.82) is 0 Å². The van der Waals surface area contributed by atoms with Crippen LogP contribution in [-0.4, -0.2) is 35.5 Å². The summed E-state index contributed by atoms with van der Waals surface area (Å²) in [6.07, 6.45) is 2.19. The molecule has 1 fully saturated rings. The zero-order chi connectivity index (χ0) is 23.2. The summed E-state index contributed by atoms with van der Waals surface area (Å²) in [7, 11) is 1.51. The Labute approximate surface area is 192 Å². The van der Waals surface area contributed by atoms with E-state index in [9.17, 15) is 9.59 Å². The fraction of sp³-hybridized carbons (Fsp3) is 0.320. The summed E-state index contributed by atoms with van der Waals surface area (Å²) in [5.41, 5.74) is 2.42. The van der Waals surface area contributed by atoms with E-state index in [4.69, 9.17) is 18.6 Å². The maximum atomic E-state index is 12.5. The maximum Gasteiger partial charge on any atom is 0.417 e. The van der Waals surface area contributed by atoms with Gasteiger partial charge in [-0.25, -0.2) is 14.7 Å². The minimum Gasteiger partial charge on any atom is -0.493 e. The second kappa shape index (κ2) is 10.2. The third kappa shape index (κ3) is 5.16. The van der Waals surface area contributed by atoms with Gasteiger partial charge in [0.05, 0.1) is 7.11 Å². The van der Waals surface area contributed by atoms with Crippen LogP contribution in [0.15, 0.2) is 59.2 Å². The summed E-state index contributed by atoms with van der Waals surface area (Å²) >= 11 is 0. The minimum absolute atomic E-state index is 0.201. The Hall–Kier alpha value is -3.81. The first-order valence-corrected chi connectivity index (χ1v) is 10.9. The van der Waals surface area contributed by atoms with E-state index in [0.717, 1.165) is 11.3 Å². The molecule has 1 aromatic heterocycles. The Bertz CT molecular complexity index is 1110. The van der Waals surface area contributed by atoms with E-state index in [-0.39, 0.29) is 12.5 Å². The van der Waals surface area contributed by atoms with E-state index in [1.807, 2.05) is 25.1 Å². The largest absolute Gasteiger partial charge is 0.493 e. The molecule has 0 bridgehead atoms. The van der Waals surface area contributed by atoms with Crippen molar-refractivity contribution in [3.63, 3.8) is 0 Å². The molecule has 1 aliphatic rings. The Morgan fingerprint density at radius 2 is 1.88 bits per heavy atom. The van der Waals surface area contributed by atoms with Crippen molar-refractivity contribution in [2.24, 2.45) is 0 Å². The molecule has 0 saturated carbocycles. The maximum absolute atomic E-state index is 12.5. The molecule has 0 radical (unpaired) electrons. The van der Waals surface area contributed by atoms with Gasteiger partial charge in [0.25, 0.3) is 5.91 Å². The number of rotatable bonds is 10. The molecule has 172 valence electrons. The first-order valence-electron chi connectivity index (χ1n) is 10.9. The number of aromatic nitrogens is 1. The van der Waals surface area contributed by atoms with Gasteiger partial charge in [-0.05, 0) is 30.5 Å². The molecule has 1 saturated heterocycles. The highest BCUT2D eigenvalue weighted by molar-refractivity contribution is 6.00. The quantitative estimate of drug-likeness (QED) is 0.450. The lowest BCUT2D eigenvalue weighted by Gasteiger charge is -2.13. The summed E-state index contributed by atoms with van der Waals surface area (Å²) < 4.78 is 22.1. The standard InChI is InChI=1S/C25H26N2O6/c1-3-13-27-24(28)23(33-25(27)29)18-10-11-20(21(14-18)30-2)31-15-19-16-32-22(26-19)12-9-17-7-5-4-6-8-17/h4-8,10-11,14,16,23H,3,9,12-13,15H2,1-2H3. The molecule has 2 amide bonds. The Balaban J connectivity index is 1.38. The van der Waals surface area contributed by atoms with Crippen molar-refractivity contribution in [3.8, 4) is 11.5 Å². The van der Waals surface area contributed by atoms with E-state index in [1.54, 1.807) is 24.5 Å². The lowest BCUT2D eigenvalue weighted by Crippen LogP contribution is -2.30. The van der Waals surface area contributed by atoms with E-state index in [2.05, 4.69) is 17.1 Å². The number of hydrogen-bond acceptors (Lipinski definition) is 7. The van der Waals surface area contributed by atoms with Crippen LogP contribution in [0.2, 0.25) is 0 Å². The zero-order valence-electron chi connectivity index (χ0n) is 18.7. The van der Waals surface area contributed by atoms with Gasteiger partial charge in [-0.1, -0.05) is 43.3 Å². The van der Waals surface area contributed by atoms with Gasteiger partial charge in [0.15, 0.2) is 17.4 Å². The molecule has 8 heteroatoms. The third-order valence-corrected chi connectivity index (χ3v) is 5.31. The minimum atomic E-state index is -0.977. The topological polar surface area (TPSA) is 91.1 Å². The molecule has 4 rings (SSSR count). The predicted molar refractivity (Wildman–Crippen MR) is 119 cm³/mol. The Morgan fingerprint density at radius 1 is 1.06 bits per heavy atom. The first-order chi connectivity index (χ1) is 16.1. The number of ether oxygens (including phenoxy) is 3. The van der Waals surface area contributed by atoms with Gasteiger partial charge in [-0.2, -0.15) is 0 Å². The molecule has 2 heterocycles. The van der Waals surface area contributed by atoms with E-state index in [1.165, 1.54) is 12.7 Å².